The van der Waals surface area contributed by atoms with E-state index in [1.165, 1.54) is 0 Å². The molecule has 3 N–H and O–H groups in total. The summed E-state index contributed by atoms with van der Waals surface area (Å²) in [5.41, 5.74) is 7.44. The second-order valence-corrected chi connectivity index (χ2v) is 5.23. The molecule has 0 heterocycles. The number of rotatable bonds is 5. The molecular formula is C16H18ClNO2. The van der Waals surface area contributed by atoms with E-state index in [0.29, 0.717) is 17.4 Å². The minimum atomic E-state index is -0.690. The molecule has 2 aromatic carbocycles. The molecule has 0 saturated carbocycles. The van der Waals surface area contributed by atoms with Crippen molar-refractivity contribution < 1.29 is 9.84 Å². The SMILES string of the molecule is C[C@H](N)[C@H](O)c1cccc(OCc2cccc(Cl)c2)c1. The fraction of sp³-hybridized carbons (Fsp3) is 0.250. The summed E-state index contributed by atoms with van der Waals surface area (Å²) in [7, 11) is 0. The van der Waals surface area contributed by atoms with Crippen LogP contribution in [0.3, 0.4) is 0 Å². The molecular weight excluding hydrogens is 274 g/mol. The van der Waals surface area contributed by atoms with Crippen molar-refractivity contribution in [2.24, 2.45) is 5.73 Å². The van der Waals surface area contributed by atoms with E-state index in [4.69, 9.17) is 22.1 Å². The Morgan fingerprint density at radius 1 is 1.20 bits per heavy atom. The van der Waals surface area contributed by atoms with Crippen LogP contribution in [0.2, 0.25) is 5.02 Å². The topological polar surface area (TPSA) is 55.5 Å². The van der Waals surface area contributed by atoms with E-state index in [-0.39, 0.29) is 6.04 Å². The van der Waals surface area contributed by atoms with Crippen LogP contribution in [0.1, 0.15) is 24.2 Å². The van der Waals surface area contributed by atoms with Crippen molar-refractivity contribution in [2.75, 3.05) is 0 Å². The lowest BCUT2D eigenvalue weighted by Crippen LogP contribution is -2.24. The van der Waals surface area contributed by atoms with Crippen molar-refractivity contribution >= 4 is 11.6 Å². The van der Waals surface area contributed by atoms with E-state index in [2.05, 4.69) is 0 Å². The molecule has 0 bridgehead atoms. The van der Waals surface area contributed by atoms with Crippen molar-refractivity contribution in [2.45, 2.75) is 25.7 Å². The number of halogens is 1. The number of aliphatic hydroxyl groups is 1. The number of hydrogen-bond acceptors (Lipinski definition) is 3. The van der Waals surface area contributed by atoms with Gasteiger partial charge in [0.25, 0.3) is 0 Å². The summed E-state index contributed by atoms with van der Waals surface area (Å²) in [5.74, 6) is 0.696. The molecule has 3 nitrogen and oxygen atoms in total. The molecule has 0 aliphatic heterocycles. The molecule has 0 radical (unpaired) electrons. The Morgan fingerprint density at radius 2 is 1.95 bits per heavy atom. The summed E-state index contributed by atoms with van der Waals surface area (Å²) >= 11 is 5.93. The predicted molar refractivity (Wildman–Crippen MR) is 80.8 cm³/mol. The van der Waals surface area contributed by atoms with Gasteiger partial charge in [0.1, 0.15) is 12.4 Å². The fourth-order valence-corrected chi connectivity index (χ4v) is 2.10. The Hall–Kier alpha value is -1.55. The molecule has 4 heteroatoms. The van der Waals surface area contributed by atoms with E-state index in [1.54, 1.807) is 13.0 Å². The summed E-state index contributed by atoms with van der Waals surface area (Å²) in [4.78, 5) is 0. The third-order valence-corrected chi connectivity index (χ3v) is 3.23. The van der Waals surface area contributed by atoms with E-state index in [1.807, 2.05) is 42.5 Å². The van der Waals surface area contributed by atoms with E-state index in [9.17, 15) is 5.11 Å². The molecule has 20 heavy (non-hydrogen) atoms. The Balaban J connectivity index is 2.05. The Bertz CT molecular complexity index is 572. The molecule has 0 spiro atoms. The van der Waals surface area contributed by atoms with Crippen LogP contribution in [0.15, 0.2) is 48.5 Å². The lowest BCUT2D eigenvalue weighted by molar-refractivity contribution is 0.153. The largest absolute Gasteiger partial charge is 0.489 e. The van der Waals surface area contributed by atoms with Crippen LogP contribution in [0.4, 0.5) is 0 Å². The fourth-order valence-electron chi connectivity index (χ4n) is 1.89. The summed E-state index contributed by atoms with van der Waals surface area (Å²) in [6.07, 6.45) is -0.690. The van der Waals surface area contributed by atoms with Crippen LogP contribution in [0, 0.1) is 0 Å². The molecule has 0 aliphatic carbocycles. The molecule has 2 atom stereocenters. The van der Waals surface area contributed by atoms with Crippen molar-refractivity contribution in [3.63, 3.8) is 0 Å². The number of ether oxygens (including phenoxy) is 1. The second kappa shape index (κ2) is 6.75. The average molecular weight is 292 g/mol. The lowest BCUT2D eigenvalue weighted by Gasteiger charge is -2.16. The first-order valence-electron chi connectivity index (χ1n) is 6.47. The number of aliphatic hydroxyl groups excluding tert-OH is 1. The van der Waals surface area contributed by atoms with Gasteiger partial charge in [-0.15, -0.1) is 0 Å². The summed E-state index contributed by atoms with van der Waals surface area (Å²) in [5, 5.41) is 10.6. The zero-order chi connectivity index (χ0) is 14.5. The second-order valence-electron chi connectivity index (χ2n) is 4.80. The van der Waals surface area contributed by atoms with Crippen LogP contribution in [-0.4, -0.2) is 11.1 Å². The predicted octanol–water partition coefficient (Wildman–Crippen LogP) is 3.30. The number of hydrogen-bond donors (Lipinski definition) is 2. The van der Waals surface area contributed by atoms with Crippen LogP contribution >= 0.6 is 11.6 Å². The van der Waals surface area contributed by atoms with Crippen molar-refractivity contribution in [3.05, 3.63) is 64.7 Å². The Kier molecular flexibility index (Phi) is 5.01. The number of nitrogens with two attached hydrogens (primary N) is 1. The molecule has 106 valence electrons. The standard InChI is InChI=1S/C16H18ClNO2/c1-11(18)16(19)13-5-3-7-15(9-13)20-10-12-4-2-6-14(17)8-12/h2-9,11,16,19H,10,18H2,1H3/t11-,16-/m0/s1. The van der Waals surface area contributed by atoms with Crippen LogP contribution in [0.5, 0.6) is 5.75 Å². The molecule has 0 amide bonds. The van der Waals surface area contributed by atoms with Gasteiger partial charge >= 0.3 is 0 Å². The van der Waals surface area contributed by atoms with Gasteiger partial charge in [-0.05, 0) is 42.3 Å². The monoisotopic (exact) mass is 291 g/mol. The van der Waals surface area contributed by atoms with Gasteiger partial charge in [0.15, 0.2) is 0 Å². The third kappa shape index (κ3) is 3.97. The average Bonchev–Trinajstić information content (AvgIpc) is 2.44. The van der Waals surface area contributed by atoms with Crippen LogP contribution in [-0.2, 0) is 6.61 Å². The zero-order valence-corrected chi connectivity index (χ0v) is 12.0. The van der Waals surface area contributed by atoms with Gasteiger partial charge in [-0.3, -0.25) is 0 Å². The van der Waals surface area contributed by atoms with Crippen molar-refractivity contribution in [3.8, 4) is 5.75 Å². The molecule has 0 unspecified atom stereocenters. The first-order chi connectivity index (χ1) is 9.56. The number of benzene rings is 2. The van der Waals surface area contributed by atoms with Crippen LogP contribution < -0.4 is 10.5 Å². The summed E-state index contributed by atoms with van der Waals surface area (Å²) < 4.78 is 5.71. The Labute approximate surface area is 123 Å². The van der Waals surface area contributed by atoms with Crippen LogP contribution in [0.25, 0.3) is 0 Å². The summed E-state index contributed by atoms with van der Waals surface area (Å²) in [6.45, 7) is 2.20. The minimum Gasteiger partial charge on any atom is -0.489 e. The van der Waals surface area contributed by atoms with E-state index in [0.717, 1.165) is 11.1 Å². The van der Waals surface area contributed by atoms with Gasteiger partial charge in [0, 0.05) is 11.1 Å². The van der Waals surface area contributed by atoms with E-state index >= 15 is 0 Å². The molecule has 0 fully saturated rings. The third-order valence-electron chi connectivity index (χ3n) is 2.99. The summed E-state index contributed by atoms with van der Waals surface area (Å²) in [6, 6.07) is 14.5. The molecule has 0 aromatic heterocycles. The van der Waals surface area contributed by atoms with Gasteiger partial charge in [-0.25, -0.2) is 0 Å². The minimum absolute atomic E-state index is 0.321. The maximum Gasteiger partial charge on any atom is 0.120 e. The molecule has 0 saturated heterocycles. The van der Waals surface area contributed by atoms with Crippen molar-refractivity contribution in [1.29, 1.82) is 0 Å². The highest BCUT2D eigenvalue weighted by molar-refractivity contribution is 6.30. The quantitative estimate of drug-likeness (QED) is 0.889. The maximum absolute atomic E-state index is 9.95. The van der Waals surface area contributed by atoms with Crippen molar-refractivity contribution in [1.82, 2.24) is 0 Å². The van der Waals surface area contributed by atoms with E-state index < -0.39 is 6.10 Å². The molecule has 2 aromatic rings. The molecule has 2 rings (SSSR count). The maximum atomic E-state index is 9.95. The highest BCUT2D eigenvalue weighted by Crippen LogP contribution is 2.22. The van der Waals surface area contributed by atoms with Gasteiger partial charge < -0.3 is 15.6 Å². The van der Waals surface area contributed by atoms with Gasteiger partial charge in [0.05, 0.1) is 6.10 Å². The zero-order valence-electron chi connectivity index (χ0n) is 11.3. The normalized spacial score (nSPS) is 13.8. The lowest BCUT2D eigenvalue weighted by atomic mass is 10.0. The van der Waals surface area contributed by atoms with Gasteiger partial charge in [-0.1, -0.05) is 35.9 Å². The highest BCUT2D eigenvalue weighted by atomic mass is 35.5. The molecule has 0 aliphatic rings. The first kappa shape index (κ1) is 14.9. The first-order valence-corrected chi connectivity index (χ1v) is 6.85. The van der Waals surface area contributed by atoms with Gasteiger partial charge in [0.2, 0.25) is 0 Å². The highest BCUT2D eigenvalue weighted by Gasteiger charge is 2.12. The smallest absolute Gasteiger partial charge is 0.120 e. The van der Waals surface area contributed by atoms with Gasteiger partial charge in [-0.2, -0.15) is 0 Å². The Morgan fingerprint density at radius 3 is 2.65 bits per heavy atom.